The number of nitrogens with zero attached hydrogens (tertiary/aromatic N) is 2. The first-order valence-electron chi connectivity index (χ1n) is 11.6. The third kappa shape index (κ3) is 4.53. The number of carbonyl (C=O) groups is 1. The molecule has 4 aromatic rings. The lowest BCUT2D eigenvalue weighted by atomic mass is 9.93. The highest BCUT2D eigenvalue weighted by atomic mass is 32.1. The number of hydrogen-bond acceptors (Lipinski definition) is 5. The Hall–Kier alpha value is -4.01. The summed E-state index contributed by atoms with van der Waals surface area (Å²) in [5.74, 6) is 0.653. The Balaban J connectivity index is 1.47. The summed E-state index contributed by atoms with van der Waals surface area (Å²) in [6, 6.07) is 26.0. The van der Waals surface area contributed by atoms with E-state index < -0.39 is 0 Å². The summed E-state index contributed by atoms with van der Waals surface area (Å²) < 4.78 is 6.03. The zero-order valence-corrected chi connectivity index (χ0v) is 20.3. The molecule has 0 saturated heterocycles. The predicted molar refractivity (Wildman–Crippen MR) is 140 cm³/mol. The second-order valence-electron chi connectivity index (χ2n) is 8.48. The lowest BCUT2D eigenvalue weighted by Crippen LogP contribution is -2.03. The van der Waals surface area contributed by atoms with Gasteiger partial charge in [0.25, 0.3) is 0 Å². The van der Waals surface area contributed by atoms with Gasteiger partial charge in [0.1, 0.15) is 5.75 Å². The van der Waals surface area contributed by atoms with E-state index in [0.717, 1.165) is 45.7 Å². The molecule has 1 aliphatic rings. The van der Waals surface area contributed by atoms with Gasteiger partial charge in [-0.15, -0.1) is 11.3 Å². The Kier molecular flexibility index (Phi) is 6.56. The van der Waals surface area contributed by atoms with Crippen LogP contribution in [0.15, 0.2) is 78.3 Å². The van der Waals surface area contributed by atoms with Crippen LogP contribution in [0, 0.1) is 18.3 Å². The number of ketones is 1. The lowest BCUT2D eigenvalue weighted by molar-refractivity contribution is 0.105. The number of rotatable bonds is 8. The molecule has 0 atom stereocenters. The van der Waals surface area contributed by atoms with E-state index in [2.05, 4.69) is 23.2 Å². The highest BCUT2D eigenvalue weighted by Gasteiger charge is 2.34. The number of Topliss-reactive ketones (excluding diaryl/α,β-unsaturated/α-hetero) is 1. The quantitative estimate of drug-likeness (QED) is 0.266. The summed E-state index contributed by atoms with van der Waals surface area (Å²) in [7, 11) is 0. The molecule has 0 saturated carbocycles. The van der Waals surface area contributed by atoms with Crippen molar-refractivity contribution in [1.82, 2.24) is 4.98 Å². The van der Waals surface area contributed by atoms with Gasteiger partial charge in [-0.05, 0) is 60.2 Å². The molecule has 0 N–H and O–H groups in total. The molecule has 3 aromatic carbocycles. The number of allylic oxidation sites excluding steroid dienone is 1. The molecular weight excluding hydrogens is 452 g/mol. The average molecular weight is 477 g/mol. The van der Waals surface area contributed by atoms with E-state index in [1.807, 2.05) is 73.1 Å². The summed E-state index contributed by atoms with van der Waals surface area (Å²) in [6.45, 7) is 2.54. The molecule has 1 aliphatic carbocycles. The zero-order chi connectivity index (χ0) is 24.2. The Morgan fingerprint density at radius 2 is 1.74 bits per heavy atom. The molecule has 0 radical (unpaired) electrons. The fourth-order valence-electron chi connectivity index (χ4n) is 4.55. The van der Waals surface area contributed by atoms with Crippen molar-refractivity contribution < 1.29 is 9.53 Å². The zero-order valence-electron chi connectivity index (χ0n) is 19.5. The minimum atomic E-state index is -0.0390. The van der Waals surface area contributed by atoms with Crippen LogP contribution < -0.4 is 4.74 Å². The van der Waals surface area contributed by atoms with E-state index in [9.17, 15) is 10.1 Å². The monoisotopic (exact) mass is 476 g/mol. The van der Waals surface area contributed by atoms with Crippen molar-refractivity contribution in [3.63, 3.8) is 0 Å². The first-order valence-corrected chi connectivity index (χ1v) is 12.5. The van der Waals surface area contributed by atoms with Gasteiger partial charge in [-0.3, -0.25) is 4.79 Å². The van der Waals surface area contributed by atoms with Crippen molar-refractivity contribution in [2.45, 2.75) is 26.2 Å². The number of nitriles is 1. The molecule has 4 nitrogen and oxygen atoms in total. The van der Waals surface area contributed by atoms with E-state index >= 15 is 0 Å². The van der Waals surface area contributed by atoms with E-state index in [4.69, 9.17) is 4.74 Å². The van der Waals surface area contributed by atoms with Gasteiger partial charge in [-0.25, -0.2) is 4.98 Å². The van der Waals surface area contributed by atoms with Crippen LogP contribution >= 0.6 is 11.3 Å². The van der Waals surface area contributed by atoms with Crippen LogP contribution in [0.25, 0.3) is 11.1 Å². The topological polar surface area (TPSA) is 63.0 Å². The van der Waals surface area contributed by atoms with Crippen molar-refractivity contribution in [3.05, 3.63) is 117 Å². The minimum absolute atomic E-state index is 0.0390. The van der Waals surface area contributed by atoms with Gasteiger partial charge in [0.15, 0.2) is 5.78 Å². The van der Waals surface area contributed by atoms with E-state index in [-0.39, 0.29) is 12.2 Å². The number of fused-ring (bicyclic) bond motifs is 1. The number of thiazole rings is 1. The highest BCUT2D eigenvalue weighted by molar-refractivity contribution is 7.11. The standard InChI is InChI=1S/C30H24N2O2S/c1-20-30(35-19-32-20)28-25-14-13-23(34-17-7-10-21-8-3-2-4-9-21)18-26(25)29(33)27(28)24-12-6-5-11-22(24)15-16-31/h2-6,8-9,11-14,18-19H,7,10,15,17H2,1H3. The Morgan fingerprint density at radius 1 is 0.943 bits per heavy atom. The van der Waals surface area contributed by atoms with Crippen molar-refractivity contribution in [2.75, 3.05) is 6.61 Å². The average Bonchev–Trinajstić information content (AvgIpc) is 3.43. The van der Waals surface area contributed by atoms with Crippen molar-refractivity contribution >= 4 is 28.3 Å². The van der Waals surface area contributed by atoms with Crippen LogP contribution in [0.5, 0.6) is 5.75 Å². The smallest absolute Gasteiger partial charge is 0.195 e. The first kappa shape index (κ1) is 22.8. The number of aryl methyl sites for hydroxylation is 2. The highest BCUT2D eigenvalue weighted by Crippen LogP contribution is 2.45. The molecular formula is C30H24N2O2S. The predicted octanol–water partition coefficient (Wildman–Crippen LogP) is 6.68. The Morgan fingerprint density at radius 3 is 2.51 bits per heavy atom. The summed E-state index contributed by atoms with van der Waals surface area (Å²) in [5, 5.41) is 9.36. The van der Waals surface area contributed by atoms with Crippen LogP contribution in [-0.4, -0.2) is 17.4 Å². The number of carbonyl (C=O) groups excluding carboxylic acids is 1. The molecule has 5 rings (SSSR count). The number of ether oxygens (including phenoxy) is 1. The molecule has 0 bridgehead atoms. The molecule has 0 aliphatic heterocycles. The third-order valence-electron chi connectivity index (χ3n) is 6.23. The number of aromatic nitrogens is 1. The Bertz CT molecular complexity index is 1460. The van der Waals surface area contributed by atoms with Gasteiger partial charge < -0.3 is 4.74 Å². The second kappa shape index (κ2) is 10.1. The van der Waals surface area contributed by atoms with Crippen LogP contribution in [0.2, 0.25) is 0 Å². The van der Waals surface area contributed by atoms with Crippen LogP contribution in [0.3, 0.4) is 0 Å². The lowest BCUT2D eigenvalue weighted by Gasteiger charge is -2.10. The largest absolute Gasteiger partial charge is 0.494 e. The van der Waals surface area contributed by atoms with Gasteiger partial charge in [-0.2, -0.15) is 5.26 Å². The van der Waals surface area contributed by atoms with E-state index in [0.29, 0.717) is 23.5 Å². The Labute approximate surface area is 209 Å². The molecule has 172 valence electrons. The van der Waals surface area contributed by atoms with Crippen molar-refractivity contribution in [1.29, 1.82) is 5.26 Å². The molecule has 0 unspecified atom stereocenters. The van der Waals surface area contributed by atoms with Gasteiger partial charge >= 0.3 is 0 Å². The fraction of sp³-hybridized carbons (Fsp3) is 0.167. The van der Waals surface area contributed by atoms with Gasteiger partial charge in [-0.1, -0.05) is 54.6 Å². The van der Waals surface area contributed by atoms with E-state index in [1.54, 1.807) is 0 Å². The van der Waals surface area contributed by atoms with Crippen molar-refractivity contribution in [2.24, 2.45) is 0 Å². The summed E-state index contributed by atoms with van der Waals surface area (Å²) >= 11 is 1.53. The maximum atomic E-state index is 13.8. The number of hydrogen-bond donors (Lipinski definition) is 0. The normalized spacial score (nSPS) is 12.5. The minimum Gasteiger partial charge on any atom is -0.494 e. The third-order valence-corrected chi connectivity index (χ3v) is 7.18. The van der Waals surface area contributed by atoms with Crippen LogP contribution in [0.4, 0.5) is 0 Å². The maximum Gasteiger partial charge on any atom is 0.195 e. The molecule has 0 amide bonds. The summed E-state index contributed by atoms with van der Waals surface area (Å²) in [4.78, 5) is 19.2. The van der Waals surface area contributed by atoms with Gasteiger partial charge in [0, 0.05) is 16.7 Å². The maximum absolute atomic E-state index is 13.8. The molecule has 1 heterocycles. The van der Waals surface area contributed by atoms with Gasteiger partial charge in [0.2, 0.25) is 0 Å². The first-order chi connectivity index (χ1) is 17.2. The molecule has 5 heteroatoms. The summed E-state index contributed by atoms with van der Waals surface area (Å²) in [5.41, 5.74) is 8.70. The van der Waals surface area contributed by atoms with Crippen molar-refractivity contribution in [3.8, 4) is 11.8 Å². The number of benzene rings is 3. The summed E-state index contributed by atoms with van der Waals surface area (Å²) in [6.07, 6.45) is 2.08. The second-order valence-corrected chi connectivity index (χ2v) is 9.34. The molecule has 0 spiro atoms. The SMILES string of the molecule is Cc1ncsc1C1=C(c2ccccc2CC#N)C(=O)c2cc(OCCCc3ccccc3)ccc21. The van der Waals surface area contributed by atoms with E-state index in [1.165, 1.54) is 16.9 Å². The molecule has 0 fully saturated rings. The van der Waals surface area contributed by atoms with Gasteiger partial charge in [0.05, 0.1) is 35.2 Å². The molecule has 35 heavy (non-hydrogen) atoms. The van der Waals surface area contributed by atoms with Crippen LogP contribution in [-0.2, 0) is 12.8 Å². The fourth-order valence-corrected chi connectivity index (χ4v) is 5.42. The van der Waals surface area contributed by atoms with Crippen LogP contribution in [0.1, 0.15) is 49.6 Å². The molecule has 1 aromatic heterocycles.